The fourth-order valence-electron chi connectivity index (χ4n) is 1.51. The summed E-state index contributed by atoms with van der Waals surface area (Å²) in [5.41, 5.74) is 0.720. The van der Waals surface area contributed by atoms with Crippen molar-refractivity contribution in [3.8, 4) is 5.69 Å². The molecule has 0 saturated heterocycles. The van der Waals surface area contributed by atoms with Crippen molar-refractivity contribution < 1.29 is 8.42 Å². The van der Waals surface area contributed by atoms with E-state index in [4.69, 9.17) is 0 Å². The first-order valence-electron chi connectivity index (χ1n) is 5.25. The summed E-state index contributed by atoms with van der Waals surface area (Å²) in [7, 11) is -1.38. The fourth-order valence-corrected chi connectivity index (χ4v) is 2.14. The van der Waals surface area contributed by atoms with Crippen LogP contribution in [0.5, 0.6) is 0 Å². The Morgan fingerprint density at radius 2 is 1.94 bits per heavy atom. The number of nitrogens with zero attached hydrogens (tertiary/aromatic N) is 4. The number of hydrogen-bond acceptors (Lipinski definition) is 6. The van der Waals surface area contributed by atoms with Gasteiger partial charge in [-0.15, -0.1) is 5.10 Å². The largest absolute Gasteiger partial charge is 0.313 e. The molecule has 0 bridgehead atoms. The quantitative estimate of drug-likeness (QED) is 0.824. The van der Waals surface area contributed by atoms with Gasteiger partial charge in [0.25, 0.3) is 0 Å². The van der Waals surface area contributed by atoms with Crippen LogP contribution in [-0.2, 0) is 16.4 Å². The van der Waals surface area contributed by atoms with E-state index in [-0.39, 0.29) is 4.90 Å². The zero-order chi connectivity index (χ0) is 13.2. The van der Waals surface area contributed by atoms with Crippen molar-refractivity contribution in [2.45, 2.75) is 11.4 Å². The molecule has 0 radical (unpaired) electrons. The van der Waals surface area contributed by atoms with Crippen molar-refractivity contribution in [1.82, 2.24) is 25.5 Å². The molecule has 0 atom stereocenters. The molecule has 1 heterocycles. The minimum absolute atomic E-state index is 0.273. The van der Waals surface area contributed by atoms with E-state index >= 15 is 0 Å². The summed E-state index contributed by atoms with van der Waals surface area (Å²) in [6.45, 7) is 0.529. The number of tetrazole rings is 1. The van der Waals surface area contributed by atoms with E-state index in [0.29, 0.717) is 12.4 Å². The molecule has 0 aliphatic rings. The Kier molecular flexibility index (Phi) is 3.39. The lowest BCUT2D eigenvalue weighted by molar-refractivity contribution is 0.602. The van der Waals surface area contributed by atoms with Gasteiger partial charge in [-0.3, -0.25) is 0 Å². The van der Waals surface area contributed by atoms with Crippen molar-refractivity contribution in [3.63, 3.8) is 0 Å². The first-order chi connectivity index (χ1) is 8.52. The van der Waals surface area contributed by atoms with Gasteiger partial charge in [0, 0.05) is 6.26 Å². The van der Waals surface area contributed by atoms with Gasteiger partial charge in [-0.25, -0.2) is 8.42 Å². The van der Waals surface area contributed by atoms with Crippen LogP contribution >= 0.6 is 0 Å². The third-order valence-corrected chi connectivity index (χ3v) is 3.51. The molecule has 0 spiro atoms. The van der Waals surface area contributed by atoms with Crippen LogP contribution in [0.4, 0.5) is 0 Å². The lowest BCUT2D eigenvalue weighted by atomic mass is 10.3. The third-order valence-electron chi connectivity index (χ3n) is 2.38. The molecule has 0 aliphatic carbocycles. The smallest absolute Gasteiger partial charge is 0.175 e. The van der Waals surface area contributed by atoms with E-state index in [2.05, 4.69) is 20.8 Å². The normalized spacial score (nSPS) is 11.7. The minimum atomic E-state index is -3.18. The van der Waals surface area contributed by atoms with E-state index in [9.17, 15) is 8.42 Å². The second-order valence-corrected chi connectivity index (χ2v) is 5.82. The molecule has 0 saturated carbocycles. The molecule has 0 unspecified atom stereocenters. The van der Waals surface area contributed by atoms with Gasteiger partial charge >= 0.3 is 0 Å². The number of rotatable bonds is 4. The van der Waals surface area contributed by atoms with Crippen LogP contribution in [0.25, 0.3) is 5.69 Å². The maximum atomic E-state index is 11.3. The second-order valence-electron chi connectivity index (χ2n) is 3.80. The van der Waals surface area contributed by atoms with Crippen LogP contribution in [0.3, 0.4) is 0 Å². The minimum Gasteiger partial charge on any atom is -0.313 e. The Balaban J connectivity index is 2.37. The lowest BCUT2D eigenvalue weighted by Gasteiger charge is -2.04. The summed E-state index contributed by atoms with van der Waals surface area (Å²) in [6, 6.07) is 6.42. The maximum absolute atomic E-state index is 11.3. The molecule has 96 valence electrons. The van der Waals surface area contributed by atoms with Gasteiger partial charge < -0.3 is 5.32 Å². The Hall–Kier alpha value is -1.80. The molecule has 0 fully saturated rings. The summed E-state index contributed by atoms with van der Waals surface area (Å²) in [6.07, 6.45) is 1.17. The van der Waals surface area contributed by atoms with Gasteiger partial charge in [0.2, 0.25) is 0 Å². The lowest BCUT2D eigenvalue weighted by Crippen LogP contribution is -2.12. The highest BCUT2D eigenvalue weighted by atomic mass is 32.2. The summed E-state index contributed by atoms with van der Waals surface area (Å²) in [5.74, 6) is 0.657. The van der Waals surface area contributed by atoms with Gasteiger partial charge in [-0.05, 0) is 41.7 Å². The van der Waals surface area contributed by atoms with Crippen molar-refractivity contribution >= 4 is 9.84 Å². The number of nitrogens with one attached hydrogen (secondary N) is 1. The Bertz CT molecular complexity index is 633. The highest BCUT2D eigenvalue weighted by molar-refractivity contribution is 7.90. The molecular formula is C10H13N5O2S. The van der Waals surface area contributed by atoms with Crippen molar-refractivity contribution in [2.75, 3.05) is 13.3 Å². The molecule has 1 aromatic carbocycles. The van der Waals surface area contributed by atoms with Crippen LogP contribution in [0.2, 0.25) is 0 Å². The number of aromatic nitrogens is 4. The fraction of sp³-hybridized carbons (Fsp3) is 0.300. The average molecular weight is 267 g/mol. The van der Waals surface area contributed by atoms with E-state index in [0.717, 1.165) is 5.69 Å². The van der Waals surface area contributed by atoms with Gasteiger partial charge in [0.15, 0.2) is 15.7 Å². The maximum Gasteiger partial charge on any atom is 0.175 e. The van der Waals surface area contributed by atoms with Crippen molar-refractivity contribution in [2.24, 2.45) is 0 Å². The van der Waals surface area contributed by atoms with Gasteiger partial charge in [0.05, 0.1) is 17.1 Å². The molecule has 2 rings (SSSR count). The highest BCUT2D eigenvalue weighted by Crippen LogP contribution is 2.13. The van der Waals surface area contributed by atoms with Crippen molar-refractivity contribution in [3.05, 3.63) is 30.1 Å². The van der Waals surface area contributed by atoms with Crippen LogP contribution in [-0.4, -0.2) is 41.9 Å². The molecule has 0 aliphatic heterocycles. The Morgan fingerprint density at radius 1 is 1.28 bits per heavy atom. The molecule has 0 amide bonds. The zero-order valence-corrected chi connectivity index (χ0v) is 10.8. The molecular weight excluding hydrogens is 254 g/mol. The summed E-state index contributed by atoms with van der Waals surface area (Å²) >= 11 is 0. The summed E-state index contributed by atoms with van der Waals surface area (Å²) < 4.78 is 24.2. The SMILES string of the molecule is CNCc1nnnn1-c1ccc(S(C)(=O)=O)cc1. The molecule has 2 aromatic rings. The highest BCUT2D eigenvalue weighted by Gasteiger charge is 2.10. The first kappa shape index (κ1) is 12.7. The van der Waals surface area contributed by atoms with E-state index in [1.165, 1.54) is 18.4 Å². The summed E-state index contributed by atoms with van der Waals surface area (Å²) in [5, 5.41) is 14.3. The molecule has 1 N–H and O–H groups in total. The number of hydrogen-bond donors (Lipinski definition) is 1. The monoisotopic (exact) mass is 267 g/mol. The number of benzene rings is 1. The third kappa shape index (κ3) is 2.54. The Labute approximate surface area is 105 Å². The van der Waals surface area contributed by atoms with Crippen LogP contribution in [0, 0.1) is 0 Å². The van der Waals surface area contributed by atoms with Crippen LogP contribution in [0.1, 0.15) is 5.82 Å². The van der Waals surface area contributed by atoms with Crippen molar-refractivity contribution in [1.29, 1.82) is 0 Å². The summed E-state index contributed by atoms with van der Waals surface area (Å²) in [4.78, 5) is 0.273. The van der Waals surface area contributed by atoms with Crippen LogP contribution < -0.4 is 5.32 Å². The van der Waals surface area contributed by atoms with Gasteiger partial charge in [-0.2, -0.15) is 4.68 Å². The molecule has 18 heavy (non-hydrogen) atoms. The second kappa shape index (κ2) is 4.83. The van der Waals surface area contributed by atoms with Gasteiger partial charge in [0.1, 0.15) is 0 Å². The molecule has 8 heteroatoms. The molecule has 7 nitrogen and oxygen atoms in total. The zero-order valence-electron chi connectivity index (χ0n) is 10.0. The average Bonchev–Trinajstić information content (AvgIpc) is 2.77. The Morgan fingerprint density at radius 3 is 2.50 bits per heavy atom. The topological polar surface area (TPSA) is 89.8 Å². The molecule has 1 aromatic heterocycles. The predicted octanol–water partition coefficient (Wildman–Crippen LogP) is -0.215. The predicted molar refractivity (Wildman–Crippen MR) is 65.0 cm³/mol. The van der Waals surface area contributed by atoms with Crippen LogP contribution in [0.15, 0.2) is 29.2 Å². The standard InChI is InChI=1S/C10H13N5O2S/c1-11-7-10-12-13-14-15(10)8-3-5-9(6-4-8)18(2,16)17/h3-6,11H,7H2,1-2H3. The van der Waals surface area contributed by atoms with E-state index in [1.807, 2.05) is 0 Å². The van der Waals surface area contributed by atoms with Gasteiger partial charge in [-0.1, -0.05) is 0 Å². The first-order valence-corrected chi connectivity index (χ1v) is 7.14. The van der Waals surface area contributed by atoms with E-state index in [1.54, 1.807) is 23.9 Å². The van der Waals surface area contributed by atoms with E-state index < -0.39 is 9.84 Å². The number of sulfone groups is 1.